The third-order valence-corrected chi connectivity index (χ3v) is 4.38. The van der Waals surface area contributed by atoms with E-state index in [2.05, 4.69) is 43.7 Å². The number of nitrogens with one attached hydrogen (secondary N) is 2. The molecule has 0 radical (unpaired) electrons. The highest BCUT2D eigenvalue weighted by Crippen LogP contribution is 2.25. The minimum absolute atomic E-state index is 0. The Morgan fingerprint density at radius 2 is 1.69 bits per heavy atom. The third kappa shape index (κ3) is 7.03. The summed E-state index contributed by atoms with van der Waals surface area (Å²) in [5, 5.41) is 6.64. The number of benzene rings is 2. The third-order valence-electron chi connectivity index (χ3n) is 3.76. The van der Waals surface area contributed by atoms with E-state index in [9.17, 15) is 0 Å². The average Bonchev–Trinajstić information content (AvgIpc) is 2.65. The molecule has 0 spiro atoms. The summed E-state index contributed by atoms with van der Waals surface area (Å²) in [5.41, 5.74) is 2.40. The first-order valence-electron chi connectivity index (χ1n) is 8.06. The molecule has 7 heteroatoms. The van der Waals surface area contributed by atoms with E-state index in [-0.39, 0.29) is 24.0 Å². The summed E-state index contributed by atoms with van der Waals surface area (Å²) in [6, 6.07) is 14.1. The fourth-order valence-electron chi connectivity index (χ4n) is 2.34. The van der Waals surface area contributed by atoms with Crippen LogP contribution in [0.1, 0.15) is 11.1 Å². The summed E-state index contributed by atoms with van der Waals surface area (Å²) in [5.74, 6) is 2.48. The Balaban J connectivity index is 0.00000338. The Morgan fingerprint density at radius 3 is 2.27 bits per heavy atom. The van der Waals surface area contributed by atoms with Crippen molar-refractivity contribution in [2.75, 3.05) is 27.8 Å². The molecule has 0 bridgehead atoms. The van der Waals surface area contributed by atoms with Gasteiger partial charge in [-0.25, -0.2) is 0 Å². The maximum absolute atomic E-state index is 5.25. The molecular weight excluding hydrogens is 509 g/mol. The zero-order valence-corrected chi connectivity index (χ0v) is 19.1. The number of hydrogen-bond donors (Lipinski definition) is 2. The molecule has 0 unspecified atom stereocenters. The number of rotatable bonds is 7. The van der Waals surface area contributed by atoms with Crippen LogP contribution in [0.15, 0.2) is 51.9 Å². The molecule has 0 amide bonds. The molecule has 0 atom stereocenters. The van der Waals surface area contributed by atoms with E-state index in [1.165, 1.54) is 5.56 Å². The standard InChI is InChI=1S/C19H24BrN3O2.HI/c1-21-19(22-11-10-14-4-7-16(24-2)8-5-14)23-13-15-6-9-18(25-3)17(20)12-15;/h4-9,12H,10-11,13H2,1-3H3,(H2,21,22,23);1H. The Labute approximate surface area is 180 Å². The van der Waals surface area contributed by atoms with Gasteiger partial charge in [-0.3, -0.25) is 4.99 Å². The van der Waals surface area contributed by atoms with Crippen molar-refractivity contribution in [3.63, 3.8) is 0 Å². The first kappa shape index (κ1) is 22.6. The van der Waals surface area contributed by atoms with E-state index in [0.717, 1.165) is 40.5 Å². The fourth-order valence-corrected chi connectivity index (χ4v) is 2.93. The molecular formula is C19H25BrIN3O2. The summed E-state index contributed by atoms with van der Waals surface area (Å²) in [6.07, 6.45) is 0.915. The van der Waals surface area contributed by atoms with Gasteiger partial charge in [0.25, 0.3) is 0 Å². The first-order valence-corrected chi connectivity index (χ1v) is 8.85. The highest BCUT2D eigenvalue weighted by molar-refractivity contribution is 14.0. The maximum Gasteiger partial charge on any atom is 0.191 e. The monoisotopic (exact) mass is 533 g/mol. The van der Waals surface area contributed by atoms with Gasteiger partial charge in [-0.2, -0.15) is 0 Å². The zero-order valence-electron chi connectivity index (χ0n) is 15.2. The fraction of sp³-hybridized carbons (Fsp3) is 0.316. The van der Waals surface area contributed by atoms with Crippen molar-refractivity contribution >= 4 is 45.9 Å². The molecule has 0 heterocycles. The van der Waals surface area contributed by atoms with Crippen LogP contribution in [0.25, 0.3) is 0 Å². The van der Waals surface area contributed by atoms with Crippen LogP contribution in [0.4, 0.5) is 0 Å². The quantitative estimate of drug-likeness (QED) is 0.321. The molecule has 0 aromatic heterocycles. The number of nitrogens with zero attached hydrogens (tertiary/aromatic N) is 1. The van der Waals surface area contributed by atoms with Crippen LogP contribution in [-0.2, 0) is 13.0 Å². The van der Waals surface area contributed by atoms with Crippen LogP contribution in [0, 0.1) is 0 Å². The van der Waals surface area contributed by atoms with E-state index in [1.807, 2.05) is 30.3 Å². The van der Waals surface area contributed by atoms with Crippen molar-refractivity contribution in [2.45, 2.75) is 13.0 Å². The lowest BCUT2D eigenvalue weighted by Crippen LogP contribution is -2.37. The second kappa shape index (κ2) is 12.0. The van der Waals surface area contributed by atoms with E-state index in [0.29, 0.717) is 6.54 Å². The van der Waals surface area contributed by atoms with Crippen LogP contribution in [-0.4, -0.2) is 33.8 Å². The number of halogens is 2. The lowest BCUT2D eigenvalue weighted by Gasteiger charge is -2.13. The molecule has 142 valence electrons. The van der Waals surface area contributed by atoms with Gasteiger partial charge in [0.05, 0.1) is 18.7 Å². The number of methoxy groups -OCH3 is 2. The smallest absolute Gasteiger partial charge is 0.191 e. The van der Waals surface area contributed by atoms with Crippen LogP contribution < -0.4 is 20.1 Å². The molecule has 0 saturated carbocycles. The van der Waals surface area contributed by atoms with E-state index in [4.69, 9.17) is 9.47 Å². The van der Waals surface area contributed by atoms with Gasteiger partial charge in [0.1, 0.15) is 11.5 Å². The molecule has 0 aliphatic rings. The first-order chi connectivity index (χ1) is 12.2. The van der Waals surface area contributed by atoms with Crippen LogP contribution >= 0.6 is 39.9 Å². The molecule has 2 rings (SSSR count). The van der Waals surface area contributed by atoms with E-state index >= 15 is 0 Å². The number of ether oxygens (including phenoxy) is 2. The summed E-state index contributed by atoms with van der Waals surface area (Å²) in [6.45, 7) is 1.49. The molecule has 0 aliphatic carbocycles. The predicted octanol–water partition coefficient (Wildman–Crippen LogP) is 3.99. The van der Waals surface area contributed by atoms with Crippen molar-refractivity contribution < 1.29 is 9.47 Å². The SMILES string of the molecule is CN=C(NCCc1ccc(OC)cc1)NCc1ccc(OC)c(Br)c1.I. The van der Waals surface area contributed by atoms with Crippen molar-refractivity contribution in [1.29, 1.82) is 0 Å². The Kier molecular flexibility index (Phi) is 10.4. The average molecular weight is 534 g/mol. The summed E-state index contributed by atoms with van der Waals surface area (Å²) in [7, 11) is 5.10. The summed E-state index contributed by atoms with van der Waals surface area (Å²) >= 11 is 3.50. The minimum atomic E-state index is 0. The van der Waals surface area contributed by atoms with Crippen molar-refractivity contribution in [3.05, 3.63) is 58.1 Å². The van der Waals surface area contributed by atoms with Gasteiger partial charge in [-0.15, -0.1) is 24.0 Å². The summed E-state index contributed by atoms with van der Waals surface area (Å²) in [4.78, 5) is 4.26. The van der Waals surface area contributed by atoms with E-state index in [1.54, 1.807) is 21.3 Å². The molecule has 0 aliphatic heterocycles. The molecule has 26 heavy (non-hydrogen) atoms. The number of hydrogen-bond acceptors (Lipinski definition) is 3. The highest BCUT2D eigenvalue weighted by atomic mass is 127. The van der Waals surface area contributed by atoms with Crippen molar-refractivity contribution in [1.82, 2.24) is 10.6 Å². The van der Waals surface area contributed by atoms with Crippen molar-refractivity contribution in [3.8, 4) is 11.5 Å². The molecule has 0 fully saturated rings. The number of aliphatic imine (C=N–C) groups is 1. The largest absolute Gasteiger partial charge is 0.497 e. The molecule has 2 N–H and O–H groups in total. The lowest BCUT2D eigenvalue weighted by atomic mass is 10.1. The maximum atomic E-state index is 5.25. The van der Waals surface area contributed by atoms with Gasteiger partial charge in [0, 0.05) is 20.1 Å². The van der Waals surface area contributed by atoms with Crippen LogP contribution in [0.5, 0.6) is 11.5 Å². The Bertz CT molecular complexity index is 708. The predicted molar refractivity (Wildman–Crippen MR) is 121 cm³/mol. The normalized spacial score (nSPS) is 10.7. The number of guanidine groups is 1. The summed E-state index contributed by atoms with van der Waals surface area (Å²) < 4.78 is 11.4. The van der Waals surface area contributed by atoms with Gasteiger partial charge in [-0.1, -0.05) is 18.2 Å². The molecule has 2 aromatic rings. The molecule has 2 aromatic carbocycles. The van der Waals surface area contributed by atoms with Gasteiger partial charge in [-0.05, 0) is 57.7 Å². The molecule has 0 saturated heterocycles. The van der Waals surface area contributed by atoms with Crippen LogP contribution in [0.3, 0.4) is 0 Å². The molecule has 5 nitrogen and oxygen atoms in total. The Morgan fingerprint density at radius 1 is 1.00 bits per heavy atom. The topological polar surface area (TPSA) is 54.9 Å². The van der Waals surface area contributed by atoms with Gasteiger partial charge in [0.15, 0.2) is 5.96 Å². The van der Waals surface area contributed by atoms with E-state index < -0.39 is 0 Å². The Hall–Kier alpha value is -1.48. The lowest BCUT2D eigenvalue weighted by molar-refractivity contribution is 0.412. The van der Waals surface area contributed by atoms with Gasteiger partial charge < -0.3 is 20.1 Å². The highest BCUT2D eigenvalue weighted by Gasteiger charge is 2.03. The second-order valence-corrected chi connectivity index (χ2v) is 6.27. The minimum Gasteiger partial charge on any atom is -0.497 e. The van der Waals surface area contributed by atoms with Gasteiger partial charge >= 0.3 is 0 Å². The second-order valence-electron chi connectivity index (χ2n) is 5.42. The van der Waals surface area contributed by atoms with Gasteiger partial charge in [0.2, 0.25) is 0 Å². The zero-order chi connectivity index (χ0) is 18.1. The van der Waals surface area contributed by atoms with Crippen LogP contribution in [0.2, 0.25) is 0 Å². The van der Waals surface area contributed by atoms with Crippen molar-refractivity contribution in [2.24, 2.45) is 4.99 Å².